The van der Waals surface area contributed by atoms with Crippen molar-refractivity contribution in [3.8, 4) is 5.75 Å². The predicted octanol–water partition coefficient (Wildman–Crippen LogP) is 2.75. The van der Waals surface area contributed by atoms with E-state index in [0.29, 0.717) is 25.1 Å². The van der Waals surface area contributed by atoms with Gasteiger partial charge in [0.05, 0.1) is 18.0 Å². The van der Waals surface area contributed by atoms with Gasteiger partial charge in [0.2, 0.25) is 5.91 Å². The third-order valence-corrected chi connectivity index (χ3v) is 4.27. The van der Waals surface area contributed by atoms with Gasteiger partial charge in [-0.25, -0.2) is 9.18 Å². The molecule has 0 saturated carbocycles. The zero-order valence-electron chi connectivity index (χ0n) is 13.5. The first-order valence-corrected chi connectivity index (χ1v) is 8.07. The van der Waals surface area contributed by atoms with Crippen LogP contribution in [-0.2, 0) is 11.2 Å². The number of benzene rings is 2. The highest BCUT2D eigenvalue weighted by atomic mass is 19.1. The average molecular weight is 343 g/mol. The van der Waals surface area contributed by atoms with Crippen molar-refractivity contribution in [1.29, 1.82) is 0 Å². The Kier molecular flexibility index (Phi) is 4.97. The van der Waals surface area contributed by atoms with Crippen LogP contribution < -0.4 is 10.1 Å². The van der Waals surface area contributed by atoms with Gasteiger partial charge in [0.15, 0.2) is 0 Å². The highest BCUT2D eigenvalue weighted by molar-refractivity contribution is 5.87. The summed E-state index contributed by atoms with van der Waals surface area (Å²) in [4.78, 5) is 23.1. The van der Waals surface area contributed by atoms with Crippen LogP contribution in [0.1, 0.15) is 33.8 Å². The van der Waals surface area contributed by atoms with Crippen molar-refractivity contribution in [3.05, 3.63) is 65.0 Å². The average Bonchev–Trinajstić information content (AvgIpc) is 3.02. The van der Waals surface area contributed by atoms with Crippen LogP contribution in [0.5, 0.6) is 5.75 Å². The van der Waals surface area contributed by atoms with Crippen LogP contribution in [0.3, 0.4) is 0 Å². The lowest BCUT2D eigenvalue weighted by Crippen LogP contribution is -2.31. The molecule has 130 valence electrons. The predicted molar refractivity (Wildman–Crippen MR) is 89.4 cm³/mol. The van der Waals surface area contributed by atoms with Gasteiger partial charge in [-0.3, -0.25) is 4.79 Å². The number of nitrogens with one attached hydrogen (secondary N) is 1. The number of hydrogen-bond acceptors (Lipinski definition) is 3. The monoisotopic (exact) mass is 343 g/mol. The number of carbonyl (C=O) groups excluding carboxylic acids is 1. The summed E-state index contributed by atoms with van der Waals surface area (Å²) < 4.78 is 18.7. The normalized spacial score (nSPS) is 15.5. The maximum atomic E-state index is 13.2. The molecule has 6 heteroatoms. The lowest BCUT2D eigenvalue weighted by atomic mass is 10.0. The zero-order chi connectivity index (χ0) is 17.8. The van der Waals surface area contributed by atoms with Crippen LogP contribution in [0.2, 0.25) is 0 Å². The molecule has 1 amide bonds. The number of aryl methyl sites for hydroxylation is 1. The van der Waals surface area contributed by atoms with Crippen molar-refractivity contribution in [1.82, 2.24) is 5.32 Å². The van der Waals surface area contributed by atoms with Crippen molar-refractivity contribution < 1.29 is 23.8 Å². The molecule has 2 N–H and O–H groups in total. The van der Waals surface area contributed by atoms with Gasteiger partial charge in [0.25, 0.3) is 0 Å². The maximum Gasteiger partial charge on any atom is 0.335 e. The minimum Gasteiger partial charge on any atom is -0.492 e. The quantitative estimate of drug-likeness (QED) is 0.791. The van der Waals surface area contributed by atoms with Crippen LogP contribution in [-0.4, -0.2) is 30.1 Å². The summed E-state index contributed by atoms with van der Waals surface area (Å²) in [6.07, 6.45) is 1.39. The Morgan fingerprint density at radius 2 is 1.96 bits per heavy atom. The third kappa shape index (κ3) is 3.96. The van der Waals surface area contributed by atoms with Gasteiger partial charge in [-0.15, -0.1) is 0 Å². The molecule has 5 nitrogen and oxygen atoms in total. The van der Waals surface area contributed by atoms with E-state index in [1.54, 1.807) is 18.2 Å². The summed E-state index contributed by atoms with van der Waals surface area (Å²) >= 11 is 0. The van der Waals surface area contributed by atoms with Crippen molar-refractivity contribution in [2.24, 2.45) is 0 Å². The first-order valence-electron chi connectivity index (χ1n) is 8.07. The Morgan fingerprint density at radius 1 is 1.20 bits per heavy atom. The number of carbonyl (C=O) groups is 2. The van der Waals surface area contributed by atoms with E-state index >= 15 is 0 Å². The fourth-order valence-corrected chi connectivity index (χ4v) is 3.02. The van der Waals surface area contributed by atoms with Crippen molar-refractivity contribution in [2.75, 3.05) is 13.2 Å². The SMILES string of the molecule is O=C(O)c1ccc(OCCNC(=O)C2CCc3cc(F)ccc32)cc1. The number of hydrogen-bond donors (Lipinski definition) is 2. The Bertz CT molecular complexity index is 789. The number of fused-ring (bicyclic) bond motifs is 1. The third-order valence-electron chi connectivity index (χ3n) is 4.27. The van der Waals surface area contributed by atoms with Crippen LogP contribution in [0.4, 0.5) is 4.39 Å². The summed E-state index contributed by atoms with van der Waals surface area (Å²) in [7, 11) is 0. The lowest BCUT2D eigenvalue weighted by Gasteiger charge is -2.13. The molecule has 3 rings (SSSR count). The van der Waals surface area contributed by atoms with Crippen LogP contribution in [0.25, 0.3) is 0 Å². The number of halogens is 1. The molecule has 0 spiro atoms. The first-order chi connectivity index (χ1) is 12.0. The van der Waals surface area contributed by atoms with E-state index in [4.69, 9.17) is 9.84 Å². The maximum absolute atomic E-state index is 13.2. The van der Waals surface area contributed by atoms with E-state index in [2.05, 4.69) is 5.32 Å². The van der Waals surface area contributed by atoms with Gasteiger partial charge in [0, 0.05) is 0 Å². The second-order valence-corrected chi connectivity index (χ2v) is 5.90. The molecular formula is C19H18FNO4. The van der Waals surface area contributed by atoms with Gasteiger partial charge >= 0.3 is 5.97 Å². The van der Waals surface area contributed by atoms with E-state index in [9.17, 15) is 14.0 Å². The molecule has 2 aromatic rings. The van der Waals surface area contributed by atoms with E-state index in [0.717, 1.165) is 11.1 Å². The van der Waals surface area contributed by atoms with E-state index in [1.807, 2.05) is 0 Å². The molecule has 25 heavy (non-hydrogen) atoms. The summed E-state index contributed by atoms with van der Waals surface area (Å²) in [5.74, 6) is -1.06. The van der Waals surface area contributed by atoms with Gasteiger partial charge in [-0.05, 0) is 60.4 Å². The Labute approximate surface area is 144 Å². The van der Waals surface area contributed by atoms with Gasteiger partial charge in [-0.2, -0.15) is 0 Å². The van der Waals surface area contributed by atoms with Crippen LogP contribution >= 0.6 is 0 Å². The smallest absolute Gasteiger partial charge is 0.335 e. The highest BCUT2D eigenvalue weighted by Crippen LogP contribution is 2.33. The molecule has 0 radical (unpaired) electrons. The van der Waals surface area contributed by atoms with Gasteiger partial charge in [-0.1, -0.05) is 6.07 Å². The number of amides is 1. The molecule has 0 fully saturated rings. The fraction of sp³-hybridized carbons (Fsp3) is 0.263. The second kappa shape index (κ2) is 7.34. The van der Waals surface area contributed by atoms with E-state index < -0.39 is 5.97 Å². The summed E-state index contributed by atoms with van der Waals surface area (Å²) in [5.41, 5.74) is 1.98. The van der Waals surface area contributed by atoms with Crippen molar-refractivity contribution in [3.63, 3.8) is 0 Å². The molecular weight excluding hydrogens is 325 g/mol. The molecule has 1 aliphatic rings. The molecule has 0 aromatic heterocycles. The van der Waals surface area contributed by atoms with E-state index in [-0.39, 0.29) is 29.8 Å². The van der Waals surface area contributed by atoms with Gasteiger partial charge < -0.3 is 15.2 Å². The molecule has 0 bridgehead atoms. The molecule has 0 aliphatic heterocycles. The number of rotatable bonds is 6. The van der Waals surface area contributed by atoms with Crippen LogP contribution in [0.15, 0.2) is 42.5 Å². The lowest BCUT2D eigenvalue weighted by molar-refractivity contribution is -0.122. The topological polar surface area (TPSA) is 75.6 Å². The molecule has 1 aliphatic carbocycles. The van der Waals surface area contributed by atoms with Crippen molar-refractivity contribution in [2.45, 2.75) is 18.8 Å². The standard InChI is InChI=1S/C19H18FNO4/c20-14-4-8-16-13(11-14)3-7-17(16)18(22)21-9-10-25-15-5-1-12(2-6-15)19(23)24/h1-2,4-6,8,11,17H,3,7,9-10H2,(H,21,22)(H,23,24). The summed E-state index contributed by atoms with van der Waals surface area (Å²) in [5, 5.41) is 11.7. The summed E-state index contributed by atoms with van der Waals surface area (Å²) in [6.45, 7) is 0.619. The summed E-state index contributed by atoms with van der Waals surface area (Å²) in [6, 6.07) is 10.6. The zero-order valence-corrected chi connectivity index (χ0v) is 13.5. The molecule has 1 unspecified atom stereocenters. The number of carboxylic acid groups (broad SMARTS) is 1. The highest BCUT2D eigenvalue weighted by Gasteiger charge is 2.28. The number of ether oxygens (including phenoxy) is 1. The molecule has 0 heterocycles. The molecule has 2 aromatic carbocycles. The Balaban J connectivity index is 1.47. The first kappa shape index (κ1) is 17.0. The fourth-order valence-electron chi connectivity index (χ4n) is 3.02. The van der Waals surface area contributed by atoms with Gasteiger partial charge in [0.1, 0.15) is 18.2 Å². The Hall–Kier alpha value is -2.89. The Morgan fingerprint density at radius 3 is 2.68 bits per heavy atom. The largest absolute Gasteiger partial charge is 0.492 e. The minimum atomic E-state index is -0.990. The van der Waals surface area contributed by atoms with Crippen LogP contribution in [0, 0.1) is 5.82 Å². The second-order valence-electron chi connectivity index (χ2n) is 5.90. The van der Waals surface area contributed by atoms with Crippen molar-refractivity contribution >= 4 is 11.9 Å². The molecule has 0 saturated heterocycles. The minimum absolute atomic E-state index is 0.0878. The molecule has 1 atom stereocenters. The number of carboxylic acids is 1. The number of aromatic carboxylic acids is 1. The van der Waals surface area contributed by atoms with E-state index in [1.165, 1.54) is 24.3 Å².